The number of carbonyl (C=O) groups excluding carboxylic acids is 1. The molecule has 2 heterocycles. The van der Waals surface area contributed by atoms with E-state index >= 15 is 0 Å². The van der Waals surface area contributed by atoms with E-state index in [4.69, 9.17) is 14.7 Å². The van der Waals surface area contributed by atoms with Crippen LogP contribution in [0.4, 0.5) is 0 Å². The summed E-state index contributed by atoms with van der Waals surface area (Å²) in [5.41, 5.74) is 1.48. The second-order valence-corrected chi connectivity index (χ2v) is 6.28. The molecule has 1 aromatic carbocycles. The van der Waals surface area contributed by atoms with Gasteiger partial charge in [-0.1, -0.05) is 12.1 Å². The second kappa shape index (κ2) is 8.45. The number of hydrogen-bond donors (Lipinski definition) is 0. The molecule has 3 rings (SSSR count). The first-order chi connectivity index (χ1) is 12.7. The summed E-state index contributed by atoms with van der Waals surface area (Å²) in [7, 11) is 1.66. The number of nitriles is 1. The summed E-state index contributed by atoms with van der Waals surface area (Å²) in [5.74, 6) is 0.724. The normalized spacial score (nSPS) is 19.2. The molecule has 1 aliphatic heterocycles. The first kappa shape index (κ1) is 17.9. The molecule has 1 aromatic heterocycles. The Labute approximate surface area is 153 Å². The van der Waals surface area contributed by atoms with Gasteiger partial charge in [-0.25, -0.2) is 0 Å². The zero-order chi connectivity index (χ0) is 18.4. The second-order valence-electron chi connectivity index (χ2n) is 6.28. The van der Waals surface area contributed by atoms with E-state index in [1.54, 1.807) is 31.6 Å². The van der Waals surface area contributed by atoms with Crippen LogP contribution in [0, 0.1) is 11.3 Å². The lowest BCUT2D eigenvalue weighted by Crippen LogP contribution is -2.40. The molecule has 6 heteroatoms. The van der Waals surface area contributed by atoms with Crippen LogP contribution >= 0.6 is 0 Å². The number of benzene rings is 1. The molecule has 0 radical (unpaired) electrons. The van der Waals surface area contributed by atoms with E-state index in [0.29, 0.717) is 30.9 Å². The summed E-state index contributed by atoms with van der Waals surface area (Å²) in [6.45, 7) is 0.970. The van der Waals surface area contributed by atoms with Crippen LogP contribution < -0.4 is 4.74 Å². The molecule has 1 saturated heterocycles. The molecule has 134 valence electrons. The minimum atomic E-state index is -0.0361. The van der Waals surface area contributed by atoms with E-state index in [0.717, 1.165) is 12.0 Å². The van der Waals surface area contributed by atoms with Crippen molar-refractivity contribution in [3.05, 3.63) is 59.9 Å². The van der Waals surface area contributed by atoms with Gasteiger partial charge in [-0.2, -0.15) is 5.26 Å². The average molecular weight is 351 g/mol. The number of methoxy groups -OCH3 is 1. The van der Waals surface area contributed by atoms with Crippen LogP contribution in [0.5, 0.6) is 5.75 Å². The van der Waals surface area contributed by atoms with Gasteiger partial charge < -0.3 is 14.4 Å². The third kappa shape index (κ3) is 4.38. The fourth-order valence-corrected chi connectivity index (χ4v) is 3.11. The van der Waals surface area contributed by atoms with Gasteiger partial charge in [-0.15, -0.1) is 0 Å². The summed E-state index contributed by atoms with van der Waals surface area (Å²) < 4.78 is 11.3. The number of hydrogen-bond acceptors (Lipinski definition) is 5. The van der Waals surface area contributed by atoms with E-state index in [9.17, 15) is 4.79 Å². The lowest BCUT2D eigenvalue weighted by Gasteiger charge is -2.24. The Morgan fingerprint density at radius 2 is 2.15 bits per heavy atom. The first-order valence-electron chi connectivity index (χ1n) is 8.53. The van der Waals surface area contributed by atoms with Crippen LogP contribution in [0.3, 0.4) is 0 Å². The van der Waals surface area contributed by atoms with Crippen LogP contribution in [0.15, 0.2) is 48.8 Å². The maximum Gasteiger partial charge on any atom is 0.227 e. The van der Waals surface area contributed by atoms with Crippen molar-refractivity contribution in [2.75, 3.05) is 20.3 Å². The Morgan fingerprint density at radius 1 is 1.35 bits per heavy atom. The molecule has 1 fully saturated rings. The molecule has 26 heavy (non-hydrogen) atoms. The summed E-state index contributed by atoms with van der Waals surface area (Å²) in [6.07, 6.45) is 4.41. The van der Waals surface area contributed by atoms with Gasteiger partial charge in [0.2, 0.25) is 5.91 Å². The Kier molecular flexibility index (Phi) is 5.82. The Bertz CT molecular complexity index is 771. The molecule has 0 bridgehead atoms. The van der Waals surface area contributed by atoms with Crippen molar-refractivity contribution in [2.45, 2.75) is 25.0 Å². The number of rotatable bonds is 6. The molecule has 0 aliphatic carbocycles. The quantitative estimate of drug-likeness (QED) is 0.797. The largest absolute Gasteiger partial charge is 0.490 e. The molecule has 1 aliphatic rings. The lowest BCUT2D eigenvalue weighted by molar-refractivity contribution is -0.132. The number of nitrogens with zero attached hydrogens (tertiary/aromatic N) is 3. The van der Waals surface area contributed by atoms with E-state index in [2.05, 4.69) is 11.1 Å². The van der Waals surface area contributed by atoms with Crippen molar-refractivity contribution in [1.82, 2.24) is 9.88 Å². The van der Waals surface area contributed by atoms with Crippen molar-refractivity contribution < 1.29 is 14.3 Å². The molecule has 0 saturated carbocycles. The topological polar surface area (TPSA) is 75.5 Å². The fourth-order valence-electron chi connectivity index (χ4n) is 3.11. The van der Waals surface area contributed by atoms with Gasteiger partial charge in [0.25, 0.3) is 0 Å². The van der Waals surface area contributed by atoms with Crippen LogP contribution in [-0.4, -0.2) is 48.2 Å². The van der Waals surface area contributed by atoms with Crippen molar-refractivity contribution in [1.29, 1.82) is 5.26 Å². The van der Waals surface area contributed by atoms with Crippen LogP contribution in [0.1, 0.15) is 17.5 Å². The van der Waals surface area contributed by atoms with Crippen molar-refractivity contribution >= 4 is 5.91 Å². The third-order valence-corrected chi connectivity index (χ3v) is 4.54. The highest BCUT2D eigenvalue weighted by atomic mass is 16.5. The van der Waals surface area contributed by atoms with E-state index in [-0.39, 0.29) is 18.1 Å². The molecule has 2 aromatic rings. The molecule has 1 amide bonds. The summed E-state index contributed by atoms with van der Waals surface area (Å²) in [4.78, 5) is 18.7. The van der Waals surface area contributed by atoms with E-state index in [1.165, 1.54) is 0 Å². The number of ether oxygens (including phenoxy) is 2. The minimum Gasteiger partial charge on any atom is -0.490 e. The molecule has 6 nitrogen and oxygen atoms in total. The third-order valence-electron chi connectivity index (χ3n) is 4.54. The number of amides is 1. The van der Waals surface area contributed by atoms with Crippen molar-refractivity contribution in [3.63, 3.8) is 0 Å². The van der Waals surface area contributed by atoms with Gasteiger partial charge in [-0.3, -0.25) is 9.78 Å². The highest BCUT2D eigenvalue weighted by Gasteiger charge is 2.35. The zero-order valence-electron chi connectivity index (χ0n) is 14.7. The number of likely N-dealkylation sites (tertiary alicyclic amines) is 1. The van der Waals surface area contributed by atoms with E-state index < -0.39 is 0 Å². The number of aromatic nitrogens is 1. The standard InChI is InChI=1S/C20H21N3O3/c1-25-19-10-17(14-26-18-3-2-8-22-12-18)23(13-19)20(24)9-15-4-6-16(11-21)7-5-15/h2-8,12,17,19H,9-10,13-14H2,1H3/t17-,19+/m0/s1. The van der Waals surface area contributed by atoms with Crippen LogP contribution in [0.2, 0.25) is 0 Å². The molecule has 2 atom stereocenters. The molecule has 0 spiro atoms. The molecule has 0 unspecified atom stereocenters. The van der Waals surface area contributed by atoms with Gasteiger partial charge in [0.15, 0.2) is 0 Å². The summed E-state index contributed by atoms with van der Waals surface area (Å²) in [5, 5.41) is 8.87. The maximum atomic E-state index is 12.8. The Balaban J connectivity index is 1.64. The van der Waals surface area contributed by atoms with Gasteiger partial charge >= 0.3 is 0 Å². The Hall–Kier alpha value is -2.91. The molecular weight excluding hydrogens is 330 g/mol. The van der Waals surface area contributed by atoms with Gasteiger partial charge in [0, 0.05) is 19.9 Å². The van der Waals surface area contributed by atoms with Gasteiger partial charge in [0.05, 0.1) is 36.4 Å². The minimum absolute atomic E-state index is 0.0161. The van der Waals surface area contributed by atoms with Crippen LogP contribution in [-0.2, 0) is 16.0 Å². The SMILES string of the molecule is CO[C@@H]1C[C@@H](COc2cccnc2)N(C(=O)Cc2ccc(C#N)cc2)C1. The van der Waals surface area contributed by atoms with Crippen molar-refractivity contribution in [2.24, 2.45) is 0 Å². The fraction of sp³-hybridized carbons (Fsp3) is 0.350. The monoisotopic (exact) mass is 351 g/mol. The predicted molar refractivity (Wildman–Crippen MR) is 95.5 cm³/mol. The molecular formula is C20H21N3O3. The number of pyridine rings is 1. The zero-order valence-corrected chi connectivity index (χ0v) is 14.7. The molecule has 0 N–H and O–H groups in total. The van der Waals surface area contributed by atoms with Crippen LogP contribution in [0.25, 0.3) is 0 Å². The van der Waals surface area contributed by atoms with E-state index in [1.807, 2.05) is 29.2 Å². The highest BCUT2D eigenvalue weighted by Crippen LogP contribution is 2.22. The lowest BCUT2D eigenvalue weighted by atomic mass is 10.1. The number of carbonyl (C=O) groups is 1. The first-order valence-corrected chi connectivity index (χ1v) is 8.53. The van der Waals surface area contributed by atoms with Gasteiger partial charge in [0.1, 0.15) is 12.4 Å². The summed E-state index contributed by atoms with van der Waals surface area (Å²) in [6, 6.07) is 12.8. The highest BCUT2D eigenvalue weighted by molar-refractivity contribution is 5.79. The maximum absolute atomic E-state index is 12.8. The van der Waals surface area contributed by atoms with Crippen molar-refractivity contribution in [3.8, 4) is 11.8 Å². The predicted octanol–water partition coefficient (Wildman–Crippen LogP) is 2.19. The Morgan fingerprint density at radius 3 is 2.81 bits per heavy atom. The smallest absolute Gasteiger partial charge is 0.227 e. The summed E-state index contributed by atoms with van der Waals surface area (Å²) >= 11 is 0. The average Bonchev–Trinajstić information content (AvgIpc) is 3.11. The van der Waals surface area contributed by atoms with Gasteiger partial charge in [-0.05, 0) is 36.2 Å².